The van der Waals surface area contributed by atoms with Gasteiger partial charge in [-0.3, -0.25) is 0 Å². The number of nitrogens with zero attached hydrogens (tertiary/aromatic N) is 1. The lowest BCUT2D eigenvalue weighted by molar-refractivity contribution is 0.459. The van der Waals surface area contributed by atoms with Crippen molar-refractivity contribution in [3.05, 3.63) is 64.6 Å². The van der Waals surface area contributed by atoms with Crippen LogP contribution in [0.2, 0.25) is 0 Å². The normalized spacial score (nSPS) is 10.7. The minimum Gasteiger partial charge on any atom is -0.439 e. The second-order valence-corrected chi connectivity index (χ2v) is 5.32. The Morgan fingerprint density at radius 1 is 1.05 bits per heavy atom. The number of aromatic nitrogens is 1. The summed E-state index contributed by atoms with van der Waals surface area (Å²) in [7, 11) is 0. The van der Waals surface area contributed by atoms with Gasteiger partial charge in [0.1, 0.15) is 5.75 Å². The quantitative estimate of drug-likeness (QED) is 0.781. The van der Waals surface area contributed by atoms with Gasteiger partial charge in [-0.15, -0.1) is 0 Å². The maximum absolute atomic E-state index is 5.85. The lowest BCUT2D eigenvalue weighted by Crippen LogP contribution is -2.00. The molecule has 0 unspecified atom stereocenters. The molecule has 0 aliphatic rings. The molecule has 0 aliphatic carbocycles. The van der Waals surface area contributed by atoms with Crippen LogP contribution in [0, 0.1) is 0 Å². The monoisotopic (exact) mass is 328 g/mol. The Labute approximate surface area is 125 Å². The lowest BCUT2D eigenvalue weighted by atomic mass is 10.2. The van der Waals surface area contributed by atoms with Crippen LogP contribution in [0.1, 0.15) is 5.56 Å². The molecule has 0 bridgehead atoms. The molecule has 0 atom stereocenters. The van der Waals surface area contributed by atoms with Crippen molar-refractivity contribution in [2.75, 3.05) is 0 Å². The number of fused-ring (bicyclic) bond motifs is 1. The lowest BCUT2D eigenvalue weighted by Gasteiger charge is -2.10. The molecule has 3 nitrogen and oxygen atoms in total. The van der Waals surface area contributed by atoms with Crippen molar-refractivity contribution in [3.8, 4) is 11.6 Å². The summed E-state index contributed by atoms with van der Waals surface area (Å²) >= 11 is 3.43. The fourth-order valence-corrected chi connectivity index (χ4v) is 2.43. The number of halogens is 1. The third-order valence-electron chi connectivity index (χ3n) is 3.03. The third kappa shape index (κ3) is 2.66. The van der Waals surface area contributed by atoms with E-state index in [2.05, 4.69) is 20.9 Å². The van der Waals surface area contributed by atoms with Gasteiger partial charge in [-0.1, -0.05) is 34.1 Å². The number of hydrogen-bond donors (Lipinski definition) is 1. The fraction of sp³-hybridized carbons (Fsp3) is 0.0625. The molecular weight excluding hydrogens is 316 g/mol. The number of benzene rings is 2. The van der Waals surface area contributed by atoms with Crippen molar-refractivity contribution >= 4 is 26.8 Å². The molecule has 4 heteroatoms. The van der Waals surface area contributed by atoms with E-state index >= 15 is 0 Å². The Bertz CT molecular complexity index is 758. The van der Waals surface area contributed by atoms with Gasteiger partial charge in [0.15, 0.2) is 0 Å². The van der Waals surface area contributed by atoms with Gasteiger partial charge in [0.05, 0.1) is 5.52 Å². The number of para-hydroxylation sites is 1. The highest BCUT2D eigenvalue weighted by atomic mass is 79.9. The van der Waals surface area contributed by atoms with Crippen molar-refractivity contribution in [3.63, 3.8) is 0 Å². The first kappa shape index (κ1) is 13.1. The zero-order valence-electron chi connectivity index (χ0n) is 10.7. The Kier molecular flexibility index (Phi) is 3.67. The van der Waals surface area contributed by atoms with Crippen LogP contribution in [-0.4, -0.2) is 4.98 Å². The van der Waals surface area contributed by atoms with Crippen molar-refractivity contribution in [1.29, 1.82) is 0 Å². The minimum absolute atomic E-state index is 0.419. The molecule has 1 aromatic heterocycles. The summed E-state index contributed by atoms with van der Waals surface area (Å²) < 4.78 is 6.83. The average molecular weight is 329 g/mol. The standard InChI is InChI=1S/C16H13BrN2O/c17-13-6-7-15(12(9-13)10-18)20-16-8-5-11-3-1-2-4-14(11)19-16/h1-9H,10,18H2. The molecule has 20 heavy (non-hydrogen) atoms. The molecule has 2 aromatic carbocycles. The highest BCUT2D eigenvalue weighted by Crippen LogP contribution is 2.27. The summed E-state index contributed by atoms with van der Waals surface area (Å²) in [4.78, 5) is 4.49. The Morgan fingerprint density at radius 3 is 2.75 bits per heavy atom. The van der Waals surface area contributed by atoms with E-state index in [0.717, 1.165) is 26.7 Å². The Morgan fingerprint density at radius 2 is 1.90 bits per heavy atom. The van der Waals surface area contributed by atoms with Gasteiger partial charge < -0.3 is 10.5 Å². The van der Waals surface area contributed by atoms with Crippen molar-refractivity contribution in [2.24, 2.45) is 5.73 Å². The van der Waals surface area contributed by atoms with E-state index in [4.69, 9.17) is 10.5 Å². The maximum Gasteiger partial charge on any atom is 0.219 e. The predicted molar refractivity (Wildman–Crippen MR) is 83.9 cm³/mol. The summed E-state index contributed by atoms with van der Waals surface area (Å²) in [5.41, 5.74) is 7.60. The zero-order valence-corrected chi connectivity index (χ0v) is 12.3. The van der Waals surface area contributed by atoms with Crippen LogP contribution in [0.25, 0.3) is 10.9 Å². The van der Waals surface area contributed by atoms with Crippen LogP contribution >= 0.6 is 15.9 Å². The molecular formula is C16H13BrN2O. The van der Waals surface area contributed by atoms with Gasteiger partial charge in [0, 0.05) is 28.0 Å². The van der Waals surface area contributed by atoms with Crippen molar-refractivity contribution in [1.82, 2.24) is 4.98 Å². The second kappa shape index (κ2) is 5.61. The largest absolute Gasteiger partial charge is 0.439 e. The molecule has 100 valence electrons. The summed E-state index contributed by atoms with van der Waals surface area (Å²) in [6.07, 6.45) is 0. The van der Waals surface area contributed by atoms with E-state index in [1.807, 2.05) is 54.6 Å². The SMILES string of the molecule is NCc1cc(Br)ccc1Oc1ccc2ccccc2n1. The fourth-order valence-electron chi connectivity index (χ4n) is 2.02. The summed E-state index contributed by atoms with van der Waals surface area (Å²) in [5.74, 6) is 1.30. The molecule has 0 aliphatic heterocycles. The average Bonchev–Trinajstić information content (AvgIpc) is 2.49. The van der Waals surface area contributed by atoms with E-state index in [1.165, 1.54) is 0 Å². The van der Waals surface area contributed by atoms with Crippen LogP contribution in [0.4, 0.5) is 0 Å². The highest BCUT2D eigenvalue weighted by molar-refractivity contribution is 9.10. The van der Waals surface area contributed by atoms with Gasteiger partial charge in [-0.2, -0.15) is 0 Å². The zero-order chi connectivity index (χ0) is 13.9. The van der Waals surface area contributed by atoms with E-state index < -0.39 is 0 Å². The van der Waals surface area contributed by atoms with Gasteiger partial charge in [0.2, 0.25) is 5.88 Å². The second-order valence-electron chi connectivity index (χ2n) is 4.40. The number of rotatable bonds is 3. The molecule has 0 radical (unpaired) electrons. The van der Waals surface area contributed by atoms with Crippen molar-refractivity contribution < 1.29 is 4.74 Å². The Hall–Kier alpha value is -1.91. The van der Waals surface area contributed by atoms with Gasteiger partial charge in [-0.25, -0.2) is 4.98 Å². The van der Waals surface area contributed by atoms with Gasteiger partial charge >= 0.3 is 0 Å². The molecule has 2 N–H and O–H groups in total. The highest BCUT2D eigenvalue weighted by Gasteiger charge is 2.06. The third-order valence-corrected chi connectivity index (χ3v) is 3.52. The summed E-state index contributed by atoms with van der Waals surface area (Å²) in [5, 5.41) is 1.09. The smallest absolute Gasteiger partial charge is 0.219 e. The topological polar surface area (TPSA) is 48.1 Å². The van der Waals surface area contributed by atoms with Crippen LogP contribution in [0.3, 0.4) is 0 Å². The number of pyridine rings is 1. The van der Waals surface area contributed by atoms with Crippen LogP contribution in [-0.2, 0) is 6.54 Å². The Balaban J connectivity index is 1.96. The molecule has 0 amide bonds. The maximum atomic E-state index is 5.85. The van der Waals surface area contributed by atoms with Crippen molar-refractivity contribution in [2.45, 2.75) is 6.54 Å². The molecule has 3 aromatic rings. The van der Waals surface area contributed by atoms with E-state index in [1.54, 1.807) is 0 Å². The van der Waals surface area contributed by atoms with Gasteiger partial charge in [-0.05, 0) is 30.3 Å². The predicted octanol–water partition coefficient (Wildman–Crippen LogP) is 4.25. The first-order valence-corrected chi connectivity index (χ1v) is 7.08. The molecule has 0 saturated carbocycles. The molecule has 0 fully saturated rings. The molecule has 0 spiro atoms. The van der Waals surface area contributed by atoms with E-state index in [9.17, 15) is 0 Å². The summed E-state index contributed by atoms with van der Waals surface area (Å²) in [6, 6.07) is 17.6. The number of ether oxygens (including phenoxy) is 1. The first-order valence-electron chi connectivity index (χ1n) is 6.28. The van der Waals surface area contributed by atoms with E-state index in [-0.39, 0.29) is 0 Å². The number of hydrogen-bond acceptors (Lipinski definition) is 3. The first-order chi connectivity index (χ1) is 9.76. The van der Waals surface area contributed by atoms with Gasteiger partial charge in [0.25, 0.3) is 0 Å². The van der Waals surface area contributed by atoms with Crippen LogP contribution in [0.5, 0.6) is 11.6 Å². The van der Waals surface area contributed by atoms with Crippen LogP contribution in [0.15, 0.2) is 59.1 Å². The molecule has 1 heterocycles. The van der Waals surface area contributed by atoms with E-state index in [0.29, 0.717) is 12.4 Å². The molecule has 0 saturated heterocycles. The summed E-state index contributed by atoms with van der Waals surface area (Å²) in [6.45, 7) is 0.419. The number of nitrogens with two attached hydrogens (primary N) is 1. The molecule has 3 rings (SSSR count). The van der Waals surface area contributed by atoms with Crippen LogP contribution < -0.4 is 10.5 Å². The minimum atomic E-state index is 0.419.